The molecule has 0 heterocycles. The minimum atomic E-state index is -0.856. The van der Waals surface area contributed by atoms with Crippen LogP contribution in [0.4, 0.5) is 5.69 Å². The molecule has 0 aliphatic carbocycles. The van der Waals surface area contributed by atoms with Gasteiger partial charge in [-0.25, -0.2) is 4.79 Å². The maximum Gasteiger partial charge on any atom is 0.347 e. The molecule has 0 unspecified atom stereocenters. The summed E-state index contributed by atoms with van der Waals surface area (Å²) < 4.78 is 15.5. The zero-order chi connectivity index (χ0) is 18.2. The number of esters is 1. The predicted octanol–water partition coefficient (Wildman–Crippen LogP) is 3.30. The van der Waals surface area contributed by atoms with E-state index in [9.17, 15) is 9.59 Å². The third-order valence-corrected chi connectivity index (χ3v) is 3.41. The number of carbonyl (C=O) groups is 2. The summed E-state index contributed by atoms with van der Waals surface area (Å²) in [4.78, 5) is 23.7. The van der Waals surface area contributed by atoms with Crippen LogP contribution in [0.5, 0.6) is 11.5 Å². The van der Waals surface area contributed by atoms with E-state index in [0.717, 1.165) is 0 Å². The lowest BCUT2D eigenvalue weighted by molar-refractivity contribution is -0.153. The number of ether oxygens (including phenoxy) is 3. The van der Waals surface area contributed by atoms with Gasteiger partial charge in [-0.1, -0.05) is 17.7 Å². The smallest absolute Gasteiger partial charge is 0.347 e. The second-order valence-electron chi connectivity index (χ2n) is 5.10. The Bertz CT molecular complexity index is 733. The highest BCUT2D eigenvalue weighted by atomic mass is 35.5. The Balaban J connectivity index is 1.79. The molecule has 0 aliphatic rings. The first-order valence-electron chi connectivity index (χ1n) is 7.50. The fraction of sp³-hybridized carbons (Fsp3) is 0.222. The molecule has 2 aromatic carbocycles. The third kappa shape index (κ3) is 6.00. The zero-order valence-corrected chi connectivity index (χ0v) is 14.6. The van der Waals surface area contributed by atoms with E-state index in [1.165, 1.54) is 14.0 Å². The van der Waals surface area contributed by atoms with E-state index < -0.39 is 24.6 Å². The minimum absolute atomic E-state index is 0.412. The van der Waals surface area contributed by atoms with E-state index in [-0.39, 0.29) is 0 Å². The molecule has 1 atom stereocenters. The summed E-state index contributed by atoms with van der Waals surface area (Å²) in [5.74, 6) is -0.00879. The molecule has 2 aromatic rings. The first-order chi connectivity index (χ1) is 12.0. The summed E-state index contributed by atoms with van der Waals surface area (Å²) in [6, 6.07) is 13.4. The van der Waals surface area contributed by atoms with Gasteiger partial charge in [-0.15, -0.1) is 0 Å². The van der Waals surface area contributed by atoms with E-state index in [4.69, 9.17) is 25.8 Å². The average Bonchev–Trinajstić information content (AvgIpc) is 2.61. The van der Waals surface area contributed by atoms with Crippen molar-refractivity contribution < 1.29 is 23.8 Å². The summed E-state index contributed by atoms with van der Waals surface area (Å²) in [5, 5.41) is 3.18. The van der Waals surface area contributed by atoms with Gasteiger partial charge < -0.3 is 19.5 Å². The monoisotopic (exact) mass is 363 g/mol. The lowest BCUT2D eigenvalue weighted by Gasteiger charge is -2.14. The van der Waals surface area contributed by atoms with Gasteiger partial charge in [0, 0.05) is 16.8 Å². The van der Waals surface area contributed by atoms with E-state index >= 15 is 0 Å². The number of methoxy groups -OCH3 is 1. The molecule has 6 nitrogen and oxygen atoms in total. The van der Waals surface area contributed by atoms with Gasteiger partial charge in [0.25, 0.3) is 5.91 Å². The van der Waals surface area contributed by atoms with Crippen molar-refractivity contribution in [3.8, 4) is 11.5 Å². The second-order valence-corrected chi connectivity index (χ2v) is 5.54. The highest BCUT2D eigenvalue weighted by Crippen LogP contribution is 2.18. The van der Waals surface area contributed by atoms with Crippen molar-refractivity contribution in [2.24, 2.45) is 0 Å². The molecule has 25 heavy (non-hydrogen) atoms. The van der Waals surface area contributed by atoms with Crippen molar-refractivity contribution in [2.45, 2.75) is 13.0 Å². The van der Waals surface area contributed by atoms with Crippen LogP contribution < -0.4 is 14.8 Å². The molecule has 132 valence electrons. The molecule has 0 aliphatic heterocycles. The second kappa shape index (κ2) is 8.94. The summed E-state index contributed by atoms with van der Waals surface area (Å²) in [6.07, 6.45) is -0.856. The molecule has 0 spiro atoms. The van der Waals surface area contributed by atoms with Gasteiger partial charge in [0.15, 0.2) is 12.7 Å². The predicted molar refractivity (Wildman–Crippen MR) is 94.1 cm³/mol. The Morgan fingerprint density at radius 1 is 1.12 bits per heavy atom. The number of amides is 1. The Labute approximate surface area is 150 Å². The number of halogens is 1. The maximum atomic E-state index is 11.9. The molecule has 0 saturated heterocycles. The van der Waals surface area contributed by atoms with Crippen molar-refractivity contribution in [1.82, 2.24) is 0 Å². The molecule has 2 rings (SSSR count). The number of nitrogens with one attached hydrogen (secondary N) is 1. The molecule has 0 saturated carbocycles. The fourth-order valence-corrected chi connectivity index (χ4v) is 2.04. The van der Waals surface area contributed by atoms with Crippen molar-refractivity contribution in [1.29, 1.82) is 0 Å². The van der Waals surface area contributed by atoms with Crippen LogP contribution in [-0.2, 0) is 14.3 Å². The molecule has 7 heteroatoms. The van der Waals surface area contributed by atoms with Gasteiger partial charge >= 0.3 is 5.97 Å². The van der Waals surface area contributed by atoms with E-state index in [1.54, 1.807) is 48.5 Å². The number of carbonyl (C=O) groups excluding carboxylic acids is 2. The third-order valence-electron chi connectivity index (χ3n) is 3.16. The summed E-state index contributed by atoms with van der Waals surface area (Å²) in [6.45, 7) is 1.13. The Morgan fingerprint density at radius 3 is 2.52 bits per heavy atom. The minimum Gasteiger partial charge on any atom is -0.497 e. The summed E-state index contributed by atoms with van der Waals surface area (Å²) >= 11 is 5.78. The van der Waals surface area contributed by atoms with Gasteiger partial charge in [0.05, 0.1) is 7.11 Å². The van der Waals surface area contributed by atoms with Crippen LogP contribution in [0, 0.1) is 0 Å². The lowest BCUT2D eigenvalue weighted by Crippen LogP contribution is -2.29. The van der Waals surface area contributed by atoms with E-state index in [1.807, 2.05) is 0 Å². The van der Waals surface area contributed by atoms with Crippen LogP contribution in [0.15, 0.2) is 48.5 Å². The Kier molecular flexibility index (Phi) is 6.65. The molecule has 1 N–H and O–H groups in total. The van der Waals surface area contributed by atoms with Crippen LogP contribution in [0.3, 0.4) is 0 Å². The molecule has 0 radical (unpaired) electrons. The van der Waals surface area contributed by atoms with Crippen molar-refractivity contribution in [3.63, 3.8) is 0 Å². The van der Waals surface area contributed by atoms with Crippen LogP contribution in [-0.4, -0.2) is 31.7 Å². The highest BCUT2D eigenvalue weighted by molar-refractivity contribution is 6.30. The average molecular weight is 364 g/mol. The normalized spacial score (nSPS) is 11.3. The molecular formula is C18H18ClNO5. The fourth-order valence-electron chi connectivity index (χ4n) is 1.92. The Hall–Kier alpha value is -2.73. The van der Waals surface area contributed by atoms with Gasteiger partial charge in [0.2, 0.25) is 0 Å². The van der Waals surface area contributed by atoms with Crippen molar-refractivity contribution in [3.05, 3.63) is 53.6 Å². The first kappa shape index (κ1) is 18.6. The maximum absolute atomic E-state index is 11.9. The largest absolute Gasteiger partial charge is 0.497 e. The highest BCUT2D eigenvalue weighted by Gasteiger charge is 2.18. The topological polar surface area (TPSA) is 73.9 Å². The Morgan fingerprint density at radius 2 is 1.84 bits per heavy atom. The summed E-state index contributed by atoms with van der Waals surface area (Å²) in [5.41, 5.74) is 0.547. The summed E-state index contributed by atoms with van der Waals surface area (Å²) in [7, 11) is 1.53. The number of anilines is 1. The molecule has 0 fully saturated rings. The lowest BCUT2D eigenvalue weighted by atomic mass is 10.3. The van der Waals surface area contributed by atoms with Gasteiger partial charge in [-0.2, -0.15) is 0 Å². The van der Waals surface area contributed by atoms with E-state index in [0.29, 0.717) is 22.2 Å². The SMILES string of the molecule is COc1cccc(NC(=O)COC(=O)[C@@H](C)Oc2ccc(Cl)cc2)c1. The standard InChI is InChI=1S/C18H18ClNO5/c1-12(25-15-8-6-13(19)7-9-15)18(22)24-11-17(21)20-14-4-3-5-16(10-14)23-2/h3-10,12H,11H2,1-2H3,(H,20,21)/t12-/m1/s1. The van der Waals surface area contributed by atoms with Gasteiger partial charge in [0.1, 0.15) is 11.5 Å². The van der Waals surface area contributed by atoms with Crippen molar-refractivity contribution in [2.75, 3.05) is 19.0 Å². The molecule has 0 bridgehead atoms. The van der Waals surface area contributed by atoms with Crippen LogP contribution >= 0.6 is 11.6 Å². The van der Waals surface area contributed by atoms with Gasteiger partial charge in [-0.3, -0.25) is 4.79 Å². The van der Waals surface area contributed by atoms with Crippen LogP contribution in [0.25, 0.3) is 0 Å². The van der Waals surface area contributed by atoms with Crippen LogP contribution in [0.1, 0.15) is 6.92 Å². The zero-order valence-electron chi connectivity index (χ0n) is 13.8. The number of rotatable bonds is 7. The van der Waals surface area contributed by atoms with E-state index in [2.05, 4.69) is 5.32 Å². The quantitative estimate of drug-likeness (QED) is 0.764. The van der Waals surface area contributed by atoms with Crippen LogP contribution in [0.2, 0.25) is 5.02 Å². The molecule has 1 amide bonds. The number of benzene rings is 2. The molecular weight excluding hydrogens is 346 g/mol. The number of hydrogen-bond acceptors (Lipinski definition) is 5. The first-order valence-corrected chi connectivity index (χ1v) is 7.88. The molecule has 0 aromatic heterocycles. The van der Waals surface area contributed by atoms with Gasteiger partial charge in [-0.05, 0) is 43.3 Å². The van der Waals surface area contributed by atoms with Crippen molar-refractivity contribution >= 4 is 29.2 Å². The number of hydrogen-bond donors (Lipinski definition) is 1.